The van der Waals surface area contributed by atoms with Crippen LogP contribution in [-0.4, -0.2) is 25.7 Å². The van der Waals surface area contributed by atoms with Crippen LogP contribution in [0.1, 0.15) is 27.3 Å². The summed E-state index contributed by atoms with van der Waals surface area (Å²) in [5, 5.41) is 7.35. The smallest absolute Gasteiger partial charge is 0.256 e. The summed E-state index contributed by atoms with van der Waals surface area (Å²) in [7, 11) is 0. The van der Waals surface area contributed by atoms with Crippen LogP contribution in [0.3, 0.4) is 0 Å². The molecule has 31 heavy (non-hydrogen) atoms. The molecule has 4 aromatic rings. The molecule has 0 aliphatic rings. The molecule has 3 heterocycles. The lowest BCUT2D eigenvalue weighted by Crippen LogP contribution is -2.14. The zero-order chi connectivity index (χ0) is 21.8. The maximum absolute atomic E-state index is 12.8. The minimum atomic E-state index is -0.270. The van der Waals surface area contributed by atoms with Gasteiger partial charge in [-0.15, -0.1) is 0 Å². The number of carbonyl (C=O) groups excluding carboxylic acids is 1. The van der Waals surface area contributed by atoms with Crippen molar-refractivity contribution >= 4 is 27.7 Å². The second kappa shape index (κ2) is 9.09. The van der Waals surface area contributed by atoms with Crippen LogP contribution in [0.15, 0.2) is 71.6 Å². The molecule has 1 aromatic carbocycles. The number of nitrogens with zero attached hydrogens (tertiary/aromatic N) is 4. The lowest BCUT2D eigenvalue weighted by Gasteiger charge is -2.12. The van der Waals surface area contributed by atoms with E-state index in [1.807, 2.05) is 42.8 Å². The van der Waals surface area contributed by atoms with Gasteiger partial charge in [-0.1, -0.05) is 0 Å². The van der Waals surface area contributed by atoms with Crippen molar-refractivity contribution in [2.75, 3.05) is 5.32 Å². The Balaban J connectivity index is 1.48. The van der Waals surface area contributed by atoms with Crippen LogP contribution in [0.25, 0.3) is 5.69 Å². The number of carbonyl (C=O) groups is 1. The molecule has 1 amide bonds. The maximum Gasteiger partial charge on any atom is 0.256 e. The molecule has 0 atom stereocenters. The molecule has 0 saturated heterocycles. The third kappa shape index (κ3) is 4.64. The van der Waals surface area contributed by atoms with Crippen LogP contribution in [0.2, 0.25) is 0 Å². The van der Waals surface area contributed by atoms with Gasteiger partial charge in [-0.05, 0) is 83.9 Å². The second-order valence-electron chi connectivity index (χ2n) is 6.89. The van der Waals surface area contributed by atoms with Crippen molar-refractivity contribution in [2.45, 2.75) is 20.5 Å². The number of hydrogen-bond donors (Lipinski definition) is 1. The molecule has 0 bridgehead atoms. The van der Waals surface area contributed by atoms with Gasteiger partial charge in [0.05, 0.1) is 21.5 Å². The highest BCUT2D eigenvalue weighted by Crippen LogP contribution is 2.25. The Morgan fingerprint density at radius 1 is 1.06 bits per heavy atom. The Morgan fingerprint density at radius 3 is 2.48 bits per heavy atom. The van der Waals surface area contributed by atoms with Crippen LogP contribution in [0.4, 0.5) is 5.82 Å². The Hall–Kier alpha value is -3.52. The third-order valence-electron chi connectivity index (χ3n) is 4.72. The molecule has 156 valence electrons. The van der Waals surface area contributed by atoms with Gasteiger partial charge in [0.25, 0.3) is 5.91 Å². The van der Waals surface area contributed by atoms with E-state index in [4.69, 9.17) is 4.74 Å². The summed E-state index contributed by atoms with van der Waals surface area (Å²) in [6.07, 6.45) is 5.02. The second-order valence-corrected chi connectivity index (χ2v) is 7.68. The molecule has 0 unspecified atom stereocenters. The zero-order valence-corrected chi connectivity index (χ0v) is 18.6. The minimum absolute atomic E-state index is 0.270. The van der Waals surface area contributed by atoms with E-state index in [0.717, 1.165) is 27.1 Å². The molecule has 0 radical (unpaired) electrons. The van der Waals surface area contributed by atoms with Crippen molar-refractivity contribution in [3.05, 3.63) is 94.1 Å². The summed E-state index contributed by atoms with van der Waals surface area (Å²) < 4.78 is 8.66. The van der Waals surface area contributed by atoms with Gasteiger partial charge in [0, 0.05) is 24.2 Å². The molecule has 0 aliphatic carbocycles. The summed E-state index contributed by atoms with van der Waals surface area (Å²) >= 11 is 3.54. The monoisotopic (exact) mass is 477 g/mol. The molecular formula is C23H20BrN5O2. The number of anilines is 1. The van der Waals surface area contributed by atoms with E-state index in [-0.39, 0.29) is 5.91 Å². The number of ether oxygens (including phenoxy) is 1. The number of aromatic nitrogens is 4. The number of halogens is 1. The predicted octanol–water partition coefficient (Wildman–Crippen LogP) is 4.87. The molecule has 4 rings (SSSR count). The molecular weight excluding hydrogens is 458 g/mol. The van der Waals surface area contributed by atoms with Crippen LogP contribution >= 0.6 is 15.9 Å². The average Bonchev–Trinajstić information content (AvgIpc) is 3.06. The van der Waals surface area contributed by atoms with E-state index in [1.54, 1.807) is 42.9 Å². The van der Waals surface area contributed by atoms with Crippen LogP contribution in [0, 0.1) is 13.8 Å². The molecule has 0 saturated carbocycles. The van der Waals surface area contributed by atoms with Gasteiger partial charge >= 0.3 is 0 Å². The van der Waals surface area contributed by atoms with Crippen molar-refractivity contribution in [3.8, 4) is 11.4 Å². The van der Waals surface area contributed by atoms with Crippen molar-refractivity contribution in [2.24, 2.45) is 0 Å². The van der Waals surface area contributed by atoms with Crippen molar-refractivity contribution in [3.63, 3.8) is 0 Å². The lowest BCUT2D eigenvalue weighted by atomic mass is 10.2. The number of hydrogen-bond acceptors (Lipinski definition) is 5. The first-order chi connectivity index (χ1) is 15.0. The van der Waals surface area contributed by atoms with Crippen LogP contribution < -0.4 is 10.1 Å². The normalized spacial score (nSPS) is 10.7. The minimum Gasteiger partial charge on any atom is -0.485 e. The Labute approximate surface area is 188 Å². The van der Waals surface area contributed by atoms with E-state index in [9.17, 15) is 4.79 Å². The van der Waals surface area contributed by atoms with E-state index in [0.29, 0.717) is 23.7 Å². The number of amides is 1. The molecule has 1 N–H and O–H groups in total. The van der Waals surface area contributed by atoms with Gasteiger partial charge in [-0.2, -0.15) is 5.10 Å². The first-order valence-electron chi connectivity index (χ1n) is 9.63. The summed E-state index contributed by atoms with van der Waals surface area (Å²) in [6.45, 7) is 4.28. The van der Waals surface area contributed by atoms with Gasteiger partial charge in [0.1, 0.15) is 6.61 Å². The molecule has 0 aliphatic heterocycles. The van der Waals surface area contributed by atoms with Gasteiger partial charge in [-0.3, -0.25) is 9.78 Å². The number of nitrogens with one attached hydrogen (secondary N) is 1. The van der Waals surface area contributed by atoms with Crippen LogP contribution in [-0.2, 0) is 6.61 Å². The van der Waals surface area contributed by atoms with E-state index in [1.165, 1.54) is 0 Å². The Kier molecular flexibility index (Phi) is 6.08. The average molecular weight is 478 g/mol. The highest BCUT2D eigenvalue weighted by atomic mass is 79.9. The molecule has 8 heteroatoms. The third-order valence-corrected chi connectivity index (χ3v) is 5.87. The lowest BCUT2D eigenvalue weighted by molar-refractivity contribution is 0.102. The summed E-state index contributed by atoms with van der Waals surface area (Å²) in [5.41, 5.74) is 4.27. The van der Waals surface area contributed by atoms with Gasteiger partial charge in [0.2, 0.25) is 0 Å². The summed E-state index contributed by atoms with van der Waals surface area (Å²) in [5.74, 6) is 0.596. The van der Waals surface area contributed by atoms with Gasteiger partial charge in [-0.25, -0.2) is 9.67 Å². The standard InChI is InChI=1S/C23H20BrN5O2/c1-15-21(24)16(2)29(28-15)19-7-5-18(6-8-19)23(30)27-22-20(4-3-11-26-22)31-14-17-9-12-25-13-10-17/h3-13H,14H2,1-2H3,(H,26,27,30). The van der Waals surface area contributed by atoms with Crippen molar-refractivity contribution in [1.82, 2.24) is 19.7 Å². The highest BCUT2D eigenvalue weighted by molar-refractivity contribution is 9.10. The predicted molar refractivity (Wildman–Crippen MR) is 121 cm³/mol. The summed E-state index contributed by atoms with van der Waals surface area (Å²) in [6, 6.07) is 14.5. The van der Waals surface area contributed by atoms with Gasteiger partial charge in [0.15, 0.2) is 11.6 Å². The molecule has 7 nitrogen and oxygen atoms in total. The zero-order valence-electron chi connectivity index (χ0n) is 17.0. The number of rotatable bonds is 6. The fourth-order valence-electron chi connectivity index (χ4n) is 3.05. The first kappa shape index (κ1) is 20.7. The fraction of sp³-hybridized carbons (Fsp3) is 0.130. The quantitative estimate of drug-likeness (QED) is 0.428. The van der Waals surface area contributed by atoms with Gasteiger partial charge < -0.3 is 10.1 Å². The largest absolute Gasteiger partial charge is 0.485 e. The fourth-order valence-corrected chi connectivity index (χ4v) is 3.30. The van der Waals surface area contributed by atoms with E-state index in [2.05, 4.69) is 36.3 Å². The Bertz CT molecular complexity index is 1210. The highest BCUT2D eigenvalue weighted by Gasteiger charge is 2.13. The SMILES string of the molecule is Cc1nn(-c2ccc(C(=O)Nc3ncccc3OCc3ccncc3)cc2)c(C)c1Br. The number of benzene rings is 1. The Morgan fingerprint density at radius 2 is 1.81 bits per heavy atom. The first-order valence-corrected chi connectivity index (χ1v) is 10.4. The van der Waals surface area contributed by atoms with E-state index < -0.39 is 0 Å². The molecule has 0 spiro atoms. The van der Waals surface area contributed by atoms with E-state index >= 15 is 0 Å². The van der Waals surface area contributed by atoms with Crippen molar-refractivity contribution < 1.29 is 9.53 Å². The number of pyridine rings is 2. The van der Waals surface area contributed by atoms with Crippen LogP contribution in [0.5, 0.6) is 5.75 Å². The summed E-state index contributed by atoms with van der Waals surface area (Å²) in [4.78, 5) is 21.0. The number of aryl methyl sites for hydroxylation is 1. The van der Waals surface area contributed by atoms with Crippen molar-refractivity contribution in [1.29, 1.82) is 0 Å². The topological polar surface area (TPSA) is 81.9 Å². The molecule has 0 fully saturated rings. The maximum atomic E-state index is 12.8. The molecule has 3 aromatic heterocycles.